The van der Waals surface area contributed by atoms with E-state index in [4.69, 9.17) is 0 Å². The fourth-order valence-corrected chi connectivity index (χ4v) is 6.05. The number of hydrogen-bond acceptors (Lipinski definition) is 3. The summed E-state index contributed by atoms with van der Waals surface area (Å²) in [5, 5.41) is 2.11. The second kappa shape index (κ2) is 7.88. The summed E-state index contributed by atoms with van der Waals surface area (Å²) in [6.45, 7) is 1.84. The zero-order chi connectivity index (χ0) is 20.6. The van der Waals surface area contributed by atoms with Crippen LogP contribution in [0.1, 0.15) is 49.0 Å². The van der Waals surface area contributed by atoms with Crippen LogP contribution >= 0.6 is 0 Å². The maximum atomic E-state index is 14.7. The number of hydrogen-bond donors (Lipinski definition) is 1. The fraction of sp³-hybridized carbons (Fsp3) is 0.409. The van der Waals surface area contributed by atoms with Crippen LogP contribution in [0.5, 0.6) is 0 Å². The lowest BCUT2D eigenvalue weighted by Gasteiger charge is -2.37. The molecule has 5 nitrogen and oxygen atoms in total. The molecule has 2 aromatic carbocycles. The average molecular weight is 417 g/mol. The molecular weight excluding hydrogens is 391 g/mol. The first-order valence-corrected chi connectivity index (χ1v) is 11.5. The normalized spacial score (nSPS) is 24.2. The van der Waals surface area contributed by atoms with Gasteiger partial charge in [0.2, 0.25) is 15.9 Å². The monoisotopic (exact) mass is 416 g/mol. The minimum absolute atomic E-state index is 0.0183. The number of anilines is 1. The predicted molar refractivity (Wildman–Crippen MR) is 110 cm³/mol. The number of rotatable bonds is 5. The highest BCUT2D eigenvalue weighted by Crippen LogP contribution is 2.38. The van der Waals surface area contributed by atoms with Crippen molar-refractivity contribution in [3.63, 3.8) is 0 Å². The highest BCUT2D eigenvalue weighted by Gasteiger charge is 2.40. The predicted octanol–water partition coefficient (Wildman–Crippen LogP) is 4.23. The van der Waals surface area contributed by atoms with Crippen LogP contribution < -0.4 is 5.32 Å². The van der Waals surface area contributed by atoms with E-state index in [1.165, 1.54) is 10.4 Å². The van der Waals surface area contributed by atoms with Gasteiger partial charge >= 0.3 is 0 Å². The quantitative estimate of drug-likeness (QED) is 0.793. The van der Waals surface area contributed by atoms with E-state index in [1.54, 1.807) is 12.1 Å². The number of nitrogens with one attached hydrogen (secondary N) is 1. The number of amides is 1. The van der Waals surface area contributed by atoms with Crippen LogP contribution in [-0.2, 0) is 21.4 Å². The summed E-state index contributed by atoms with van der Waals surface area (Å²) < 4.78 is 42.7. The molecule has 1 aliphatic carbocycles. The molecule has 1 saturated heterocycles. The number of benzene rings is 2. The fourth-order valence-electron chi connectivity index (χ4n) is 3.86. The van der Waals surface area contributed by atoms with E-state index in [2.05, 4.69) is 5.32 Å². The molecule has 2 fully saturated rings. The second-order valence-corrected chi connectivity index (χ2v) is 10.1. The summed E-state index contributed by atoms with van der Waals surface area (Å²) in [5.74, 6) is -0.565. The van der Waals surface area contributed by atoms with Gasteiger partial charge in [0.1, 0.15) is 11.1 Å². The molecule has 2 aromatic rings. The van der Waals surface area contributed by atoms with E-state index in [-0.39, 0.29) is 24.4 Å². The number of carbonyl (C=O) groups is 1. The molecule has 0 spiro atoms. The van der Waals surface area contributed by atoms with Gasteiger partial charge in [-0.2, -0.15) is 4.31 Å². The summed E-state index contributed by atoms with van der Waals surface area (Å²) in [5.41, 5.74) is 1.47. The minimum atomic E-state index is -3.62. The molecule has 0 aromatic heterocycles. The van der Waals surface area contributed by atoms with Gasteiger partial charge in [0, 0.05) is 29.8 Å². The van der Waals surface area contributed by atoms with Crippen molar-refractivity contribution in [2.75, 3.05) is 5.32 Å². The Morgan fingerprint density at radius 3 is 2.48 bits per heavy atom. The Kier molecular flexibility index (Phi) is 5.44. The Hall–Kier alpha value is -2.25. The van der Waals surface area contributed by atoms with Crippen LogP contribution in [0.15, 0.2) is 48.5 Å². The van der Waals surface area contributed by atoms with Crippen molar-refractivity contribution in [3.8, 4) is 0 Å². The second-order valence-electron chi connectivity index (χ2n) is 7.99. The third-order valence-electron chi connectivity index (χ3n) is 5.79. The molecular formula is C22H25FN2O3S. The van der Waals surface area contributed by atoms with Gasteiger partial charge in [0.25, 0.3) is 0 Å². The lowest BCUT2D eigenvalue weighted by Crippen LogP contribution is -2.44. The van der Waals surface area contributed by atoms with Gasteiger partial charge in [-0.25, -0.2) is 12.8 Å². The summed E-state index contributed by atoms with van der Waals surface area (Å²) in [7, 11) is -3.62. The number of sulfonamides is 1. The first-order chi connectivity index (χ1) is 13.9. The van der Waals surface area contributed by atoms with E-state index < -0.39 is 21.1 Å². The zero-order valence-corrected chi connectivity index (χ0v) is 17.2. The smallest absolute Gasteiger partial charge is 0.227 e. The van der Waals surface area contributed by atoms with Crippen LogP contribution in [-0.4, -0.2) is 24.7 Å². The maximum Gasteiger partial charge on any atom is 0.227 e. The summed E-state index contributed by atoms with van der Waals surface area (Å²) in [6, 6.07) is 13.4. The van der Waals surface area contributed by atoms with E-state index >= 15 is 0 Å². The molecule has 1 aliphatic heterocycles. The number of carbonyl (C=O) groups excluding carboxylic acids is 1. The highest BCUT2D eigenvalue weighted by atomic mass is 32.2. The molecule has 2 atom stereocenters. The first kappa shape index (κ1) is 20.0. The molecule has 1 amide bonds. The number of halogens is 1. The average Bonchev–Trinajstić information content (AvgIpc) is 3.52. The van der Waals surface area contributed by atoms with E-state index in [0.29, 0.717) is 17.7 Å². The molecule has 1 saturated carbocycles. The molecule has 0 unspecified atom stereocenters. The van der Waals surface area contributed by atoms with Crippen LogP contribution in [0, 0.1) is 11.7 Å². The lowest BCUT2D eigenvalue weighted by atomic mass is 10.0. The van der Waals surface area contributed by atoms with Gasteiger partial charge in [-0.05, 0) is 50.3 Å². The van der Waals surface area contributed by atoms with E-state index in [1.807, 2.05) is 37.3 Å². The maximum absolute atomic E-state index is 14.7. The number of nitrogens with zero attached hydrogens (tertiary/aromatic N) is 1. The first-order valence-electron chi connectivity index (χ1n) is 10.0. The van der Waals surface area contributed by atoms with Crippen molar-refractivity contribution >= 4 is 21.6 Å². The lowest BCUT2D eigenvalue weighted by molar-refractivity contribution is -0.117. The molecule has 4 rings (SSSR count). The molecule has 2 aliphatic rings. The Labute approximate surface area is 171 Å². The van der Waals surface area contributed by atoms with E-state index in [9.17, 15) is 17.6 Å². The SMILES string of the molecule is C[C@H]1CC[C@H](c2ccccc2)S(=O)(=O)N1Cc1ccc(NC(=O)C2CC2)cc1F. The van der Waals surface area contributed by atoms with Crippen molar-refractivity contribution in [1.82, 2.24) is 4.31 Å². The van der Waals surface area contributed by atoms with Crippen molar-refractivity contribution in [1.29, 1.82) is 0 Å². The Morgan fingerprint density at radius 2 is 1.83 bits per heavy atom. The standard InChI is InChI=1S/C22H25FN2O3S/c1-15-7-12-21(16-5-3-2-4-6-16)29(27,28)25(15)14-18-10-11-19(13-20(18)23)24-22(26)17-8-9-17/h2-6,10-11,13,15,17,21H,7-9,12,14H2,1H3,(H,24,26)/t15-,21+/m0/s1. The summed E-state index contributed by atoms with van der Waals surface area (Å²) in [4.78, 5) is 11.9. The zero-order valence-electron chi connectivity index (χ0n) is 16.3. The van der Waals surface area contributed by atoms with Crippen LogP contribution in [0.3, 0.4) is 0 Å². The molecule has 7 heteroatoms. The Balaban J connectivity index is 1.54. The van der Waals surface area contributed by atoms with Crippen molar-refractivity contribution in [3.05, 3.63) is 65.5 Å². The van der Waals surface area contributed by atoms with Gasteiger partial charge < -0.3 is 5.32 Å². The Morgan fingerprint density at radius 1 is 1.10 bits per heavy atom. The summed E-state index contributed by atoms with van der Waals surface area (Å²) >= 11 is 0. The van der Waals surface area contributed by atoms with Gasteiger partial charge in [-0.3, -0.25) is 4.79 Å². The van der Waals surface area contributed by atoms with Crippen molar-refractivity contribution in [2.24, 2.45) is 5.92 Å². The van der Waals surface area contributed by atoms with Crippen molar-refractivity contribution in [2.45, 2.75) is 50.4 Å². The highest BCUT2D eigenvalue weighted by molar-refractivity contribution is 7.89. The van der Waals surface area contributed by atoms with Crippen LogP contribution in [0.4, 0.5) is 10.1 Å². The van der Waals surface area contributed by atoms with Crippen molar-refractivity contribution < 1.29 is 17.6 Å². The molecule has 1 N–H and O–H groups in total. The van der Waals surface area contributed by atoms with Crippen LogP contribution in [0.25, 0.3) is 0 Å². The molecule has 1 heterocycles. The van der Waals surface area contributed by atoms with Crippen LogP contribution in [0.2, 0.25) is 0 Å². The van der Waals surface area contributed by atoms with E-state index in [0.717, 1.165) is 24.8 Å². The largest absolute Gasteiger partial charge is 0.326 e. The third-order valence-corrected chi connectivity index (χ3v) is 8.16. The molecule has 0 radical (unpaired) electrons. The van der Waals surface area contributed by atoms with Gasteiger partial charge in [-0.15, -0.1) is 0 Å². The topological polar surface area (TPSA) is 66.5 Å². The Bertz CT molecular complexity index is 1010. The summed E-state index contributed by atoms with van der Waals surface area (Å²) in [6.07, 6.45) is 3.02. The third kappa shape index (κ3) is 4.21. The van der Waals surface area contributed by atoms with Gasteiger partial charge in [-0.1, -0.05) is 36.4 Å². The molecule has 0 bridgehead atoms. The van der Waals surface area contributed by atoms with Gasteiger partial charge in [0.05, 0.1) is 0 Å². The van der Waals surface area contributed by atoms with Gasteiger partial charge in [0.15, 0.2) is 0 Å². The minimum Gasteiger partial charge on any atom is -0.326 e. The molecule has 29 heavy (non-hydrogen) atoms. The molecule has 154 valence electrons.